The maximum atomic E-state index is 10.3. The van der Waals surface area contributed by atoms with Gasteiger partial charge in [0.25, 0.3) is 0 Å². The smallest absolute Gasteiger partial charge is 0.204 e. The van der Waals surface area contributed by atoms with E-state index in [1.807, 2.05) is 18.5 Å². The number of aromatic nitrogens is 7. The highest BCUT2D eigenvalue weighted by atomic mass is 32.1. The van der Waals surface area contributed by atoms with Gasteiger partial charge in [0.15, 0.2) is 5.13 Å². The van der Waals surface area contributed by atoms with Crippen molar-refractivity contribution in [2.24, 2.45) is 7.05 Å². The van der Waals surface area contributed by atoms with Crippen LogP contribution in [0.2, 0.25) is 0 Å². The van der Waals surface area contributed by atoms with Gasteiger partial charge in [0.05, 0.1) is 46.8 Å². The van der Waals surface area contributed by atoms with Gasteiger partial charge in [-0.25, -0.2) is 9.97 Å². The molecule has 1 saturated carbocycles. The van der Waals surface area contributed by atoms with Crippen molar-refractivity contribution in [3.05, 3.63) is 48.3 Å². The Hall–Kier alpha value is -3.37. The molecule has 1 fully saturated rings. The van der Waals surface area contributed by atoms with Gasteiger partial charge < -0.3 is 15.0 Å². The van der Waals surface area contributed by atoms with Gasteiger partial charge in [-0.3, -0.25) is 0 Å². The predicted molar refractivity (Wildman–Crippen MR) is 128 cm³/mol. The normalized spacial score (nSPS) is 18.8. The molecule has 3 heterocycles. The van der Waals surface area contributed by atoms with Gasteiger partial charge in [-0.2, -0.15) is 4.80 Å². The topological polar surface area (TPSA) is 107 Å². The lowest BCUT2D eigenvalue weighted by atomic mass is 9.93. The van der Waals surface area contributed by atoms with Crippen LogP contribution in [-0.2, 0) is 13.6 Å². The van der Waals surface area contributed by atoms with Crippen LogP contribution in [0.1, 0.15) is 31.2 Å². The van der Waals surface area contributed by atoms with Crippen molar-refractivity contribution in [1.29, 1.82) is 0 Å². The summed E-state index contributed by atoms with van der Waals surface area (Å²) in [7, 11) is 1.75. The molecule has 0 amide bonds. The van der Waals surface area contributed by atoms with Gasteiger partial charge in [0.1, 0.15) is 0 Å². The van der Waals surface area contributed by atoms with Gasteiger partial charge in [-0.15, -0.1) is 10.2 Å². The fourth-order valence-electron chi connectivity index (χ4n) is 4.49. The highest BCUT2D eigenvalue weighted by Gasteiger charge is 2.23. The number of tetrazole rings is 1. The van der Waals surface area contributed by atoms with Gasteiger partial charge in [-0.05, 0) is 54.0 Å². The first-order chi connectivity index (χ1) is 16.1. The number of hydrogen-bond acceptors (Lipinski definition) is 8. The summed E-state index contributed by atoms with van der Waals surface area (Å²) in [5, 5.41) is 26.9. The number of aliphatic hydroxyl groups is 1. The van der Waals surface area contributed by atoms with Crippen LogP contribution < -0.4 is 5.32 Å². The van der Waals surface area contributed by atoms with E-state index < -0.39 is 0 Å². The molecule has 168 valence electrons. The van der Waals surface area contributed by atoms with Crippen molar-refractivity contribution in [2.45, 2.75) is 44.4 Å². The van der Waals surface area contributed by atoms with Crippen LogP contribution in [0.5, 0.6) is 0 Å². The lowest BCUT2D eigenvalue weighted by molar-refractivity contribution is 0.116. The van der Waals surface area contributed by atoms with E-state index in [0.717, 1.165) is 64.2 Å². The Bertz CT molecular complexity index is 1440. The minimum Gasteiger partial charge on any atom is -0.391 e. The van der Waals surface area contributed by atoms with Crippen LogP contribution in [0.4, 0.5) is 5.13 Å². The van der Waals surface area contributed by atoms with Crippen LogP contribution in [-0.4, -0.2) is 52.0 Å². The molecule has 10 heteroatoms. The third-order valence-corrected chi connectivity index (χ3v) is 7.18. The van der Waals surface area contributed by atoms with E-state index in [0.29, 0.717) is 5.82 Å². The van der Waals surface area contributed by atoms with Crippen molar-refractivity contribution >= 4 is 37.7 Å². The molecule has 0 saturated heterocycles. The third-order valence-electron chi connectivity index (χ3n) is 6.23. The van der Waals surface area contributed by atoms with Crippen molar-refractivity contribution in [3.8, 4) is 11.4 Å². The summed E-state index contributed by atoms with van der Waals surface area (Å²) in [4.78, 5) is 10.8. The number of thiazole rings is 1. The Morgan fingerprint density at radius 2 is 2.03 bits per heavy atom. The first-order valence-corrected chi connectivity index (χ1v) is 12.0. The number of aryl methyl sites for hydroxylation is 1. The largest absolute Gasteiger partial charge is 0.391 e. The maximum Gasteiger partial charge on any atom is 0.204 e. The van der Waals surface area contributed by atoms with E-state index in [2.05, 4.69) is 54.5 Å². The molecule has 0 bridgehead atoms. The van der Waals surface area contributed by atoms with E-state index in [-0.39, 0.29) is 12.1 Å². The Morgan fingerprint density at radius 3 is 2.88 bits per heavy atom. The van der Waals surface area contributed by atoms with E-state index in [4.69, 9.17) is 4.98 Å². The van der Waals surface area contributed by atoms with Gasteiger partial charge in [0.2, 0.25) is 5.82 Å². The van der Waals surface area contributed by atoms with Crippen LogP contribution in [0.3, 0.4) is 0 Å². The fourth-order valence-corrected chi connectivity index (χ4v) is 5.48. The zero-order valence-corrected chi connectivity index (χ0v) is 19.0. The average Bonchev–Trinajstić information content (AvgIpc) is 3.53. The van der Waals surface area contributed by atoms with Crippen LogP contribution >= 0.6 is 11.3 Å². The minimum atomic E-state index is -0.291. The molecule has 3 aromatic heterocycles. The summed E-state index contributed by atoms with van der Waals surface area (Å²) in [6.07, 6.45) is 5.68. The number of anilines is 1. The zero-order chi connectivity index (χ0) is 22.4. The number of aliphatic hydroxyl groups excluding tert-OH is 1. The molecule has 1 aliphatic carbocycles. The van der Waals surface area contributed by atoms with E-state index in [1.54, 1.807) is 18.4 Å². The second kappa shape index (κ2) is 8.20. The standard InChI is InChI=1S/C23H24N8OS/c1-30-28-22(27-29-30)15-7-9-19-18(11-15)24-13-31(19)12-14-6-8-17-21(10-14)33-23(26-17)25-16-4-2-3-5-20(16)32/h6-11,13,16,20,32H,2-5,12H2,1H3,(H,25,26). The number of fused-ring (bicyclic) bond motifs is 2. The van der Waals surface area contributed by atoms with Crippen LogP contribution in [0.25, 0.3) is 32.6 Å². The molecular formula is C23H24N8OS. The Kier molecular flexibility index (Phi) is 5.03. The quantitative estimate of drug-likeness (QED) is 0.413. The molecule has 2 N–H and O–H groups in total. The first-order valence-electron chi connectivity index (χ1n) is 11.2. The second-order valence-electron chi connectivity index (χ2n) is 8.60. The first kappa shape index (κ1) is 20.3. The summed E-state index contributed by atoms with van der Waals surface area (Å²) < 4.78 is 3.28. The summed E-state index contributed by atoms with van der Waals surface area (Å²) >= 11 is 1.64. The van der Waals surface area contributed by atoms with E-state index >= 15 is 0 Å². The summed E-state index contributed by atoms with van der Waals surface area (Å²) in [6, 6.07) is 12.5. The van der Waals surface area contributed by atoms with Gasteiger partial charge >= 0.3 is 0 Å². The number of benzene rings is 2. The molecule has 9 nitrogen and oxygen atoms in total. The van der Waals surface area contributed by atoms with Gasteiger partial charge in [0, 0.05) is 12.1 Å². The van der Waals surface area contributed by atoms with Crippen molar-refractivity contribution in [2.75, 3.05) is 5.32 Å². The van der Waals surface area contributed by atoms with Crippen molar-refractivity contribution in [3.63, 3.8) is 0 Å². The number of nitrogens with zero attached hydrogens (tertiary/aromatic N) is 7. The lowest BCUT2D eigenvalue weighted by Crippen LogP contribution is -2.36. The minimum absolute atomic E-state index is 0.0954. The fraction of sp³-hybridized carbons (Fsp3) is 0.348. The van der Waals surface area contributed by atoms with E-state index in [1.165, 1.54) is 10.4 Å². The third kappa shape index (κ3) is 3.96. The molecule has 2 unspecified atom stereocenters. The van der Waals surface area contributed by atoms with Crippen molar-refractivity contribution < 1.29 is 5.11 Å². The van der Waals surface area contributed by atoms with Gasteiger partial charge in [-0.1, -0.05) is 30.2 Å². The number of nitrogens with one attached hydrogen (secondary N) is 1. The lowest BCUT2D eigenvalue weighted by Gasteiger charge is -2.27. The molecule has 0 spiro atoms. The maximum absolute atomic E-state index is 10.3. The summed E-state index contributed by atoms with van der Waals surface area (Å²) in [5.41, 5.74) is 5.02. The molecule has 2 atom stereocenters. The van der Waals surface area contributed by atoms with Crippen LogP contribution in [0.15, 0.2) is 42.7 Å². The molecule has 0 radical (unpaired) electrons. The van der Waals surface area contributed by atoms with Crippen molar-refractivity contribution in [1.82, 2.24) is 34.7 Å². The highest BCUT2D eigenvalue weighted by molar-refractivity contribution is 7.22. The second-order valence-corrected chi connectivity index (χ2v) is 9.63. The molecule has 5 aromatic rings. The molecule has 0 aliphatic heterocycles. The Morgan fingerprint density at radius 1 is 1.12 bits per heavy atom. The average molecular weight is 461 g/mol. The Balaban J connectivity index is 1.23. The predicted octanol–water partition coefficient (Wildman–Crippen LogP) is 3.60. The zero-order valence-electron chi connectivity index (χ0n) is 18.2. The van der Waals surface area contributed by atoms with Crippen LogP contribution in [0, 0.1) is 0 Å². The molecule has 2 aromatic carbocycles. The number of imidazole rings is 1. The molecule has 33 heavy (non-hydrogen) atoms. The SMILES string of the molecule is Cn1nnc(-c2ccc3c(c2)ncn3Cc2ccc3nc(NC4CCCCC4O)sc3c2)n1. The molecule has 6 rings (SSSR count). The van der Waals surface area contributed by atoms with E-state index in [9.17, 15) is 5.11 Å². The Labute approximate surface area is 194 Å². The number of hydrogen-bond donors (Lipinski definition) is 2. The summed E-state index contributed by atoms with van der Waals surface area (Å²) in [5.74, 6) is 0.592. The molecule has 1 aliphatic rings. The number of rotatable bonds is 5. The molecular weight excluding hydrogens is 436 g/mol. The highest BCUT2D eigenvalue weighted by Crippen LogP contribution is 2.30. The monoisotopic (exact) mass is 460 g/mol. The summed E-state index contributed by atoms with van der Waals surface area (Å²) in [6.45, 7) is 0.719.